The molecule has 2 aliphatic rings. The molecule has 0 spiro atoms. The highest BCUT2D eigenvalue weighted by Gasteiger charge is 2.39. The summed E-state index contributed by atoms with van der Waals surface area (Å²) in [5.74, 6) is -0.147. The van der Waals surface area contributed by atoms with Crippen LogP contribution in [0.2, 0.25) is 0 Å². The van der Waals surface area contributed by atoms with Crippen molar-refractivity contribution in [3.05, 3.63) is 95.3 Å². The van der Waals surface area contributed by atoms with E-state index in [-0.39, 0.29) is 36.7 Å². The molecule has 3 N–H and O–H groups in total. The first-order valence-electron chi connectivity index (χ1n) is 12.7. The van der Waals surface area contributed by atoms with Crippen LogP contribution in [0.1, 0.15) is 52.8 Å². The Bertz CT molecular complexity index is 1170. The molecule has 0 unspecified atom stereocenters. The number of likely N-dealkylation sites (tertiary alicyclic amines) is 1. The van der Waals surface area contributed by atoms with E-state index in [1.54, 1.807) is 18.3 Å². The normalized spacial score (nSPS) is 26.2. The van der Waals surface area contributed by atoms with Gasteiger partial charge in [-0.1, -0.05) is 43.3 Å². The van der Waals surface area contributed by atoms with Crippen molar-refractivity contribution in [2.24, 2.45) is 5.92 Å². The zero-order chi connectivity index (χ0) is 25.8. The van der Waals surface area contributed by atoms with Crippen LogP contribution in [0.25, 0.3) is 0 Å². The van der Waals surface area contributed by atoms with Crippen LogP contribution in [0.15, 0.2) is 73.1 Å². The monoisotopic (exact) mass is 503 g/mol. The molecule has 194 valence electrons. The number of aliphatic hydroxyl groups is 2. The molecule has 2 aliphatic heterocycles. The molecular weight excluding hydrogens is 470 g/mol. The molecule has 0 bridgehead atoms. The van der Waals surface area contributed by atoms with Crippen molar-refractivity contribution in [1.29, 1.82) is 0 Å². The van der Waals surface area contributed by atoms with E-state index in [1.807, 2.05) is 48.5 Å². The molecule has 5 atom stereocenters. The highest BCUT2D eigenvalue weighted by Crippen LogP contribution is 2.42. The summed E-state index contributed by atoms with van der Waals surface area (Å²) in [6, 6.07) is 18.8. The lowest BCUT2D eigenvalue weighted by molar-refractivity contribution is -0.276. The number of hydrogen-bond donors (Lipinski definition) is 3. The van der Waals surface area contributed by atoms with E-state index < -0.39 is 6.29 Å². The summed E-state index contributed by atoms with van der Waals surface area (Å²) in [6.07, 6.45) is 2.76. The summed E-state index contributed by atoms with van der Waals surface area (Å²) in [5.41, 5.74) is 3.90. The fourth-order valence-corrected chi connectivity index (χ4v) is 4.98. The highest BCUT2D eigenvalue weighted by atomic mass is 16.7. The van der Waals surface area contributed by atoms with Gasteiger partial charge in [-0.3, -0.25) is 14.7 Å². The van der Waals surface area contributed by atoms with Crippen molar-refractivity contribution >= 4 is 11.6 Å². The minimum Gasteiger partial charge on any atom is -0.392 e. The fourth-order valence-electron chi connectivity index (χ4n) is 4.98. The maximum absolute atomic E-state index is 12.5. The average molecular weight is 504 g/mol. The van der Waals surface area contributed by atoms with E-state index in [9.17, 15) is 15.0 Å². The summed E-state index contributed by atoms with van der Waals surface area (Å²) in [6.45, 7) is 4.34. The van der Waals surface area contributed by atoms with Crippen molar-refractivity contribution in [3.8, 4) is 0 Å². The van der Waals surface area contributed by atoms with Crippen LogP contribution in [0.4, 0.5) is 5.69 Å². The summed E-state index contributed by atoms with van der Waals surface area (Å²) in [4.78, 5) is 18.7. The number of amides is 1. The molecule has 3 aromatic rings. The number of rotatable bonds is 7. The maximum atomic E-state index is 12.5. The molecule has 2 saturated heterocycles. The van der Waals surface area contributed by atoms with Crippen molar-refractivity contribution < 1.29 is 24.5 Å². The Kier molecular flexibility index (Phi) is 7.93. The number of hydrogen-bond acceptors (Lipinski definition) is 7. The van der Waals surface area contributed by atoms with E-state index >= 15 is 0 Å². The molecule has 8 heteroatoms. The molecule has 1 amide bonds. The van der Waals surface area contributed by atoms with E-state index in [4.69, 9.17) is 9.47 Å². The van der Waals surface area contributed by atoms with Gasteiger partial charge in [0.25, 0.3) is 5.91 Å². The Morgan fingerprint density at radius 1 is 1.08 bits per heavy atom. The SMILES string of the molecule is C[C@H]1[C@@H](CN2CC[C@H](O)C2)O[C@@H](c2ccc(NC(=O)c3cccnc3)cc2)O[C@H]1c1ccc(CO)cc1. The summed E-state index contributed by atoms with van der Waals surface area (Å²) in [7, 11) is 0. The quantitative estimate of drug-likeness (QED) is 0.452. The Labute approximate surface area is 216 Å². The van der Waals surface area contributed by atoms with E-state index in [0.717, 1.165) is 29.7 Å². The number of aromatic nitrogens is 1. The lowest BCUT2D eigenvalue weighted by Gasteiger charge is -2.42. The second kappa shape index (κ2) is 11.5. The number of β-amino-alcohol motifs (C(OH)–C–C–N with tert-alkyl or cyclic N) is 1. The number of nitrogens with one attached hydrogen (secondary N) is 1. The van der Waals surface area contributed by atoms with Gasteiger partial charge in [0, 0.05) is 49.2 Å². The first-order chi connectivity index (χ1) is 18.0. The fraction of sp³-hybridized carbons (Fsp3) is 0.379. The van der Waals surface area contributed by atoms with Gasteiger partial charge in [0.05, 0.1) is 30.5 Å². The van der Waals surface area contributed by atoms with Gasteiger partial charge in [-0.15, -0.1) is 0 Å². The van der Waals surface area contributed by atoms with Crippen LogP contribution < -0.4 is 5.32 Å². The molecule has 0 radical (unpaired) electrons. The third kappa shape index (κ3) is 6.06. The molecule has 3 heterocycles. The number of ether oxygens (including phenoxy) is 2. The van der Waals surface area contributed by atoms with Crippen LogP contribution in [-0.2, 0) is 16.1 Å². The van der Waals surface area contributed by atoms with Gasteiger partial charge in [-0.25, -0.2) is 0 Å². The van der Waals surface area contributed by atoms with E-state index in [2.05, 4.69) is 22.1 Å². The summed E-state index contributed by atoms with van der Waals surface area (Å²) >= 11 is 0. The number of pyridine rings is 1. The zero-order valence-electron chi connectivity index (χ0n) is 20.9. The molecule has 2 fully saturated rings. The largest absolute Gasteiger partial charge is 0.392 e. The van der Waals surface area contributed by atoms with Gasteiger partial charge in [0.2, 0.25) is 0 Å². The average Bonchev–Trinajstić information content (AvgIpc) is 3.35. The van der Waals surface area contributed by atoms with Gasteiger partial charge in [0.15, 0.2) is 6.29 Å². The first-order valence-corrected chi connectivity index (χ1v) is 12.7. The Balaban J connectivity index is 1.34. The number of carbonyl (C=O) groups excluding carboxylic acids is 1. The molecule has 0 aliphatic carbocycles. The third-order valence-corrected chi connectivity index (χ3v) is 7.17. The van der Waals surface area contributed by atoms with E-state index in [1.165, 1.54) is 6.20 Å². The zero-order valence-corrected chi connectivity index (χ0v) is 20.9. The van der Waals surface area contributed by atoms with Crippen LogP contribution >= 0.6 is 0 Å². The number of carbonyl (C=O) groups is 1. The Hall–Kier alpha value is -3.14. The molecule has 2 aromatic carbocycles. The summed E-state index contributed by atoms with van der Waals surface area (Å²) in [5, 5.41) is 22.3. The highest BCUT2D eigenvalue weighted by molar-refractivity contribution is 6.03. The maximum Gasteiger partial charge on any atom is 0.257 e. The van der Waals surface area contributed by atoms with Gasteiger partial charge < -0.3 is 25.0 Å². The molecule has 5 rings (SSSR count). The van der Waals surface area contributed by atoms with Gasteiger partial charge in [-0.05, 0) is 41.8 Å². The molecule has 37 heavy (non-hydrogen) atoms. The van der Waals surface area contributed by atoms with Crippen molar-refractivity contribution in [2.75, 3.05) is 25.0 Å². The number of nitrogens with zero attached hydrogens (tertiary/aromatic N) is 2. The molecule has 8 nitrogen and oxygen atoms in total. The predicted octanol–water partition coefficient (Wildman–Crippen LogP) is 3.68. The lowest BCUT2D eigenvalue weighted by Crippen LogP contribution is -2.44. The standard InChI is InChI=1S/C29H33N3O5/c1-19-26(17-32-14-12-25(34)16-32)36-29(37-27(19)21-6-4-20(18-33)5-7-21)22-8-10-24(11-9-22)31-28(35)23-3-2-13-30-15-23/h2-11,13,15,19,25-27,29,33-34H,12,14,16-18H2,1H3,(H,31,35)/t19-,25-,26+,27+,29+/m0/s1. The van der Waals surface area contributed by atoms with Crippen LogP contribution in [0, 0.1) is 5.92 Å². The van der Waals surface area contributed by atoms with Crippen LogP contribution in [-0.4, -0.2) is 57.8 Å². The van der Waals surface area contributed by atoms with E-state index in [0.29, 0.717) is 24.3 Å². The van der Waals surface area contributed by atoms with Crippen LogP contribution in [0.3, 0.4) is 0 Å². The van der Waals surface area contributed by atoms with Gasteiger partial charge in [-0.2, -0.15) is 0 Å². The predicted molar refractivity (Wildman–Crippen MR) is 139 cm³/mol. The van der Waals surface area contributed by atoms with Crippen molar-refractivity contribution in [3.63, 3.8) is 0 Å². The minimum absolute atomic E-state index is 0.00330. The number of benzene rings is 2. The van der Waals surface area contributed by atoms with Crippen LogP contribution in [0.5, 0.6) is 0 Å². The molecular formula is C29H33N3O5. The second-order valence-electron chi connectivity index (χ2n) is 9.84. The minimum atomic E-state index is -0.584. The molecule has 0 saturated carbocycles. The smallest absolute Gasteiger partial charge is 0.257 e. The second-order valence-corrected chi connectivity index (χ2v) is 9.84. The van der Waals surface area contributed by atoms with Gasteiger partial charge >= 0.3 is 0 Å². The van der Waals surface area contributed by atoms with Crippen molar-refractivity contribution in [1.82, 2.24) is 9.88 Å². The third-order valence-electron chi connectivity index (χ3n) is 7.17. The lowest BCUT2D eigenvalue weighted by atomic mass is 9.90. The summed E-state index contributed by atoms with van der Waals surface area (Å²) < 4.78 is 13.0. The number of aliphatic hydroxyl groups excluding tert-OH is 2. The topological polar surface area (TPSA) is 104 Å². The van der Waals surface area contributed by atoms with Crippen molar-refractivity contribution in [2.45, 2.75) is 44.6 Å². The van der Waals surface area contributed by atoms with Gasteiger partial charge in [0.1, 0.15) is 0 Å². The Morgan fingerprint density at radius 2 is 1.84 bits per heavy atom. The number of anilines is 1. The Morgan fingerprint density at radius 3 is 2.49 bits per heavy atom. The first kappa shape index (κ1) is 25.5. The molecule has 1 aromatic heterocycles.